The molecule has 0 bridgehead atoms. The number of phenolic OH excluding ortho intramolecular Hbond substituents is 2. The Bertz CT molecular complexity index is 1520. The third kappa shape index (κ3) is 4.40. The fraction of sp³-hybridized carbons (Fsp3) is 0.276. The molecule has 2 aliphatic rings. The van der Waals surface area contributed by atoms with E-state index in [1.54, 1.807) is 43.3 Å². The van der Waals surface area contributed by atoms with E-state index in [0.29, 0.717) is 29.3 Å². The van der Waals surface area contributed by atoms with Crippen molar-refractivity contribution in [1.29, 1.82) is 0 Å². The van der Waals surface area contributed by atoms with Gasteiger partial charge in [0.15, 0.2) is 0 Å². The molecule has 1 fully saturated rings. The molecule has 196 valence electrons. The number of aromatic amines is 1. The van der Waals surface area contributed by atoms with Crippen molar-refractivity contribution in [3.63, 3.8) is 0 Å². The second-order valence-electron chi connectivity index (χ2n) is 9.86. The molecule has 1 heterocycles. The Morgan fingerprint density at radius 1 is 1.11 bits per heavy atom. The Kier molecular flexibility index (Phi) is 6.64. The van der Waals surface area contributed by atoms with Gasteiger partial charge in [0.05, 0.1) is 17.6 Å². The average molecular weight is 514 g/mol. The first-order valence-electron chi connectivity index (χ1n) is 12.4. The van der Waals surface area contributed by atoms with E-state index in [0.717, 1.165) is 12.3 Å². The van der Waals surface area contributed by atoms with E-state index in [9.17, 15) is 30.0 Å². The summed E-state index contributed by atoms with van der Waals surface area (Å²) in [4.78, 5) is 30.0. The van der Waals surface area contributed by atoms with Gasteiger partial charge in [-0.05, 0) is 43.2 Å². The molecule has 3 unspecified atom stereocenters. The van der Waals surface area contributed by atoms with Gasteiger partial charge in [0.25, 0.3) is 5.56 Å². The lowest BCUT2D eigenvalue weighted by Gasteiger charge is -2.61. The van der Waals surface area contributed by atoms with Gasteiger partial charge in [-0.15, -0.1) is 12.2 Å². The number of aryl methyl sites for hydroxylation is 1. The first-order chi connectivity index (χ1) is 18.2. The van der Waals surface area contributed by atoms with Crippen LogP contribution in [0.5, 0.6) is 11.5 Å². The number of rotatable bonds is 6. The standard InChI is InChI=1S/C29H27N3O6/c1-15-8-10-17(11-9-15)22(35)14-30-20-12-19(33)13-21(34)24(20)26-27(36)25(28(26)37)23-16(2)31-32(29(23)38)18-6-4-3-5-7-18/h3-8,10-15,25-28,31,33-34H,9H2,1-2H3/q-2. The fourth-order valence-electron chi connectivity index (χ4n) is 5.21. The third-order valence-electron chi connectivity index (χ3n) is 7.25. The summed E-state index contributed by atoms with van der Waals surface area (Å²) < 4.78 is 1.30. The number of nitrogens with zero attached hydrogens (tertiary/aromatic N) is 2. The molecule has 5 rings (SSSR count). The smallest absolute Gasteiger partial charge is 0.274 e. The van der Waals surface area contributed by atoms with E-state index in [4.69, 9.17) is 0 Å². The maximum Gasteiger partial charge on any atom is 0.274 e. The third-order valence-corrected chi connectivity index (χ3v) is 7.25. The van der Waals surface area contributed by atoms with Crippen LogP contribution in [0.1, 0.15) is 42.0 Å². The number of Topliss-reactive ketones (excluding diaryl/α,β-unsaturated/α-hetero) is 1. The fourth-order valence-corrected chi connectivity index (χ4v) is 5.21. The highest BCUT2D eigenvalue weighted by molar-refractivity contribution is 6.36. The van der Waals surface area contributed by atoms with Crippen LogP contribution in [0.4, 0.5) is 5.69 Å². The highest BCUT2D eigenvalue weighted by Crippen LogP contribution is 2.51. The highest BCUT2D eigenvalue weighted by atomic mass is 16.3. The Balaban J connectivity index is 1.46. The molecule has 2 aliphatic carbocycles. The number of allylic oxidation sites excluding steroid dienone is 4. The van der Waals surface area contributed by atoms with Crippen molar-refractivity contribution >= 4 is 17.7 Å². The minimum absolute atomic E-state index is 0.0396. The lowest BCUT2D eigenvalue weighted by Crippen LogP contribution is -2.64. The molecular weight excluding hydrogens is 486 g/mol. The molecule has 0 saturated heterocycles. The van der Waals surface area contributed by atoms with Gasteiger partial charge in [0.1, 0.15) is 11.5 Å². The molecule has 3 atom stereocenters. The molecule has 0 aliphatic heterocycles. The SMILES string of the molecule is Cc1[nH]n(-c2ccccc2)c(=O)c1C1C([O-])C(c2c(O)cc(O)cc2N=CC(=O)C2=CCC(C)C=C2)C1[O-]. The number of aromatic hydroxyl groups is 2. The van der Waals surface area contributed by atoms with Crippen LogP contribution in [0.15, 0.2) is 76.1 Å². The Morgan fingerprint density at radius 3 is 2.45 bits per heavy atom. The van der Waals surface area contributed by atoms with Crippen molar-refractivity contribution in [2.24, 2.45) is 10.9 Å². The normalized spacial score (nSPS) is 24.8. The maximum atomic E-state index is 13.4. The van der Waals surface area contributed by atoms with E-state index in [1.165, 1.54) is 10.7 Å². The summed E-state index contributed by atoms with van der Waals surface area (Å²) in [7, 11) is 0. The van der Waals surface area contributed by atoms with Crippen LogP contribution in [-0.2, 0) is 4.79 Å². The summed E-state index contributed by atoms with van der Waals surface area (Å²) in [6.45, 7) is 3.66. The van der Waals surface area contributed by atoms with Gasteiger partial charge in [-0.25, -0.2) is 4.68 Å². The zero-order valence-electron chi connectivity index (χ0n) is 20.9. The second-order valence-corrected chi connectivity index (χ2v) is 9.86. The molecule has 9 heteroatoms. The predicted molar refractivity (Wildman–Crippen MR) is 138 cm³/mol. The van der Waals surface area contributed by atoms with Crippen LogP contribution in [0, 0.1) is 12.8 Å². The number of benzene rings is 2. The van der Waals surface area contributed by atoms with Gasteiger partial charge in [-0.1, -0.05) is 43.4 Å². The maximum absolute atomic E-state index is 13.4. The number of ketones is 1. The largest absolute Gasteiger partial charge is 0.851 e. The quantitative estimate of drug-likeness (QED) is 0.429. The van der Waals surface area contributed by atoms with Crippen molar-refractivity contribution in [3.05, 3.63) is 93.4 Å². The number of hydrogen-bond acceptors (Lipinski definition) is 7. The Labute approximate surface area is 218 Å². The Hall–Kier alpha value is -4.21. The van der Waals surface area contributed by atoms with Crippen LogP contribution in [0.2, 0.25) is 0 Å². The summed E-state index contributed by atoms with van der Waals surface area (Å²) in [6.07, 6.45) is 4.10. The second kappa shape index (κ2) is 9.92. The molecule has 3 N–H and O–H groups in total. The Morgan fingerprint density at radius 2 is 1.79 bits per heavy atom. The van der Waals surface area contributed by atoms with Gasteiger partial charge in [-0.2, -0.15) is 0 Å². The van der Waals surface area contributed by atoms with Crippen molar-refractivity contribution in [3.8, 4) is 17.2 Å². The van der Waals surface area contributed by atoms with Crippen molar-refractivity contribution in [2.75, 3.05) is 0 Å². The first kappa shape index (κ1) is 25.4. The average Bonchev–Trinajstić information content (AvgIpc) is 3.18. The van der Waals surface area contributed by atoms with Crippen molar-refractivity contribution in [1.82, 2.24) is 9.78 Å². The van der Waals surface area contributed by atoms with Crippen molar-refractivity contribution < 1.29 is 25.2 Å². The number of aliphatic imine (C=N–C) groups is 1. The zero-order valence-corrected chi connectivity index (χ0v) is 20.9. The number of hydrogen-bond donors (Lipinski definition) is 3. The van der Waals surface area contributed by atoms with E-state index in [2.05, 4.69) is 10.1 Å². The topological polar surface area (TPSA) is 154 Å². The number of phenols is 2. The van der Waals surface area contributed by atoms with Gasteiger partial charge < -0.3 is 20.4 Å². The number of carbonyl (C=O) groups is 1. The van der Waals surface area contributed by atoms with Crippen LogP contribution in [0.25, 0.3) is 5.69 Å². The minimum atomic E-state index is -1.55. The molecule has 0 amide bonds. The molecule has 9 nitrogen and oxygen atoms in total. The molecule has 1 saturated carbocycles. The summed E-state index contributed by atoms with van der Waals surface area (Å²) in [5, 5.41) is 50.5. The molecule has 2 aromatic carbocycles. The van der Waals surface area contributed by atoms with Crippen LogP contribution in [-0.4, -0.2) is 44.2 Å². The van der Waals surface area contributed by atoms with E-state index < -0.39 is 35.4 Å². The summed E-state index contributed by atoms with van der Waals surface area (Å²) in [5.74, 6) is -3.21. The lowest BCUT2D eigenvalue weighted by atomic mass is 9.63. The van der Waals surface area contributed by atoms with Gasteiger partial charge in [-0.3, -0.25) is 19.7 Å². The molecule has 38 heavy (non-hydrogen) atoms. The number of aromatic nitrogens is 2. The summed E-state index contributed by atoms with van der Waals surface area (Å²) >= 11 is 0. The number of carbonyl (C=O) groups excluding carboxylic acids is 1. The predicted octanol–water partition coefficient (Wildman–Crippen LogP) is 2.02. The van der Waals surface area contributed by atoms with Crippen LogP contribution in [0.3, 0.4) is 0 Å². The van der Waals surface area contributed by atoms with Crippen molar-refractivity contribution in [2.45, 2.75) is 44.3 Å². The van der Waals surface area contributed by atoms with Gasteiger partial charge in [0.2, 0.25) is 5.78 Å². The molecule has 3 aromatic rings. The van der Waals surface area contributed by atoms with Gasteiger partial charge >= 0.3 is 0 Å². The van der Waals surface area contributed by atoms with Crippen LogP contribution < -0.4 is 15.8 Å². The van der Waals surface area contributed by atoms with Crippen LogP contribution >= 0.6 is 0 Å². The monoisotopic (exact) mass is 513 g/mol. The number of H-pyrrole nitrogens is 1. The number of para-hydroxylation sites is 1. The molecule has 0 radical (unpaired) electrons. The number of nitrogens with one attached hydrogen (secondary N) is 1. The van der Waals surface area contributed by atoms with E-state index in [1.807, 2.05) is 19.1 Å². The molecular formula is C29H27N3O6-2. The minimum Gasteiger partial charge on any atom is -0.851 e. The molecule has 0 spiro atoms. The van der Waals surface area contributed by atoms with E-state index in [-0.39, 0.29) is 28.3 Å². The van der Waals surface area contributed by atoms with Gasteiger partial charge in [0, 0.05) is 34.5 Å². The van der Waals surface area contributed by atoms with E-state index >= 15 is 0 Å². The zero-order chi connectivity index (χ0) is 27.1. The summed E-state index contributed by atoms with van der Waals surface area (Å²) in [6, 6.07) is 11.0. The highest BCUT2D eigenvalue weighted by Gasteiger charge is 2.43. The summed E-state index contributed by atoms with van der Waals surface area (Å²) in [5.41, 5.74) is 1.02. The molecule has 1 aromatic heterocycles. The lowest BCUT2D eigenvalue weighted by molar-refractivity contribution is -0.536. The first-order valence-corrected chi connectivity index (χ1v) is 12.4.